The minimum atomic E-state index is -2.94. The van der Waals surface area contributed by atoms with Gasteiger partial charge in [0.15, 0.2) is 0 Å². The lowest BCUT2D eigenvalue weighted by Gasteiger charge is -2.30. The summed E-state index contributed by atoms with van der Waals surface area (Å²) in [5.41, 5.74) is 0. The first-order chi connectivity index (χ1) is 7.12. The predicted molar refractivity (Wildman–Crippen MR) is 61.1 cm³/mol. The summed E-state index contributed by atoms with van der Waals surface area (Å²) in [6.07, 6.45) is 5.50. The van der Waals surface area contributed by atoms with Gasteiger partial charge in [0.2, 0.25) is 10.0 Å². The van der Waals surface area contributed by atoms with Gasteiger partial charge in [0.1, 0.15) is 0 Å². The quantitative estimate of drug-likeness (QED) is 0.740. The first kappa shape index (κ1) is 11.4. The molecular formula is C11H21NO2S. The SMILES string of the molecule is CCCCS(=O)(=O)N1C[C@@H]2CC[C@@H](C2)C1. The van der Waals surface area contributed by atoms with Gasteiger partial charge in [-0.25, -0.2) is 12.7 Å². The fourth-order valence-corrected chi connectivity index (χ4v) is 4.63. The van der Waals surface area contributed by atoms with Crippen LogP contribution < -0.4 is 0 Å². The lowest BCUT2D eigenvalue weighted by molar-refractivity contribution is 0.261. The van der Waals surface area contributed by atoms with E-state index in [9.17, 15) is 8.42 Å². The van der Waals surface area contributed by atoms with Gasteiger partial charge >= 0.3 is 0 Å². The molecular weight excluding hydrogens is 210 g/mol. The molecule has 2 atom stereocenters. The van der Waals surface area contributed by atoms with Gasteiger partial charge in [-0.2, -0.15) is 0 Å². The number of sulfonamides is 1. The van der Waals surface area contributed by atoms with Crippen molar-refractivity contribution in [3.05, 3.63) is 0 Å². The molecule has 0 spiro atoms. The van der Waals surface area contributed by atoms with Gasteiger partial charge in [-0.05, 0) is 37.5 Å². The summed E-state index contributed by atoms with van der Waals surface area (Å²) in [6.45, 7) is 3.63. The average Bonchev–Trinajstić information content (AvgIpc) is 2.54. The molecule has 0 aromatic rings. The van der Waals surface area contributed by atoms with Crippen LogP contribution in [0.25, 0.3) is 0 Å². The average molecular weight is 231 g/mol. The fraction of sp³-hybridized carbons (Fsp3) is 1.00. The second-order valence-corrected chi connectivity index (χ2v) is 7.12. The van der Waals surface area contributed by atoms with Crippen molar-refractivity contribution in [2.24, 2.45) is 11.8 Å². The van der Waals surface area contributed by atoms with Gasteiger partial charge in [-0.15, -0.1) is 0 Å². The predicted octanol–water partition coefficient (Wildman–Crippen LogP) is 1.85. The van der Waals surface area contributed by atoms with Crippen LogP contribution in [0, 0.1) is 11.8 Å². The first-order valence-electron chi connectivity index (χ1n) is 6.09. The Morgan fingerprint density at radius 3 is 2.33 bits per heavy atom. The summed E-state index contributed by atoms with van der Waals surface area (Å²) in [7, 11) is -2.94. The van der Waals surface area contributed by atoms with Crippen LogP contribution in [-0.2, 0) is 10.0 Å². The lowest BCUT2D eigenvalue weighted by atomic mass is 10.0. The molecule has 0 N–H and O–H groups in total. The summed E-state index contributed by atoms with van der Waals surface area (Å²) >= 11 is 0. The Hall–Kier alpha value is -0.0900. The highest BCUT2D eigenvalue weighted by atomic mass is 32.2. The second kappa shape index (κ2) is 4.42. The summed E-state index contributed by atoms with van der Waals surface area (Å²) in [6, 6.07) is 0. The molecule has 2 bridgehead atoms. The lowest BCUT2D eigenvalue weighted by Crippen LogP contribution is -2.41. The second-order valence-electron chi connectivity index (χ2n) is 5.03. The zero-order chi connectivity index (χ0) is 10.9. The van der Waals surface area contributed by atoms with Gasteiger partial charge in [0, 0.05) is 13.1 Å². The van der Waals surface area contributed by atoms with E-state index in [2.05, 4.69) is 0 Å². The molecule has 2 rings (SSSR count). The maximum atomic E-state index is 12.0. The molecule has 1 saturated carbocycles. The highest BCUT2D eigenvalue weighted by Crippen LogP contribution is 2.37. The van der Waals surface area contributed by atoms with Crippen molar-refractivity contribution < 1.29 is 8.42 Å². The number of piperidine rings is 1. The standard InChI is InChI=1S/C11H21NO2S/c1-2-3-6-15(13,14)12-8-10-4-5-11(7-10)9-12/h10-11H,2-9H2,1H3/t10-,11+. The van der Waals surface area contributed by atoms with E-state index in [-0.39, 0.29) is 0 Å². The van der Waals surface area contributed by atoms with Crippen LogP contribution in [0.15, 0.2) is 0 Å². The molecule has 0 unspecified atom stereocenters. The molecule has 0 amide bonds. The molecule has 1 saturated heterocycles. The smallest absolute Gasteiger partial charge is 0.212 e. The molecule has 0 radical (unpaired) electrons. The van der Waals surface area contributed by atoms with Crippen molar-refractivity contribution in [2.75, 3.05) is 18.8 Å². The van der Waals surface area contributed by atoms with Crippen LogP contribution >= 0.6 is 0 Å². The maximum Gasteiger partial charge on any atom is 0.214 e. The van der Waals surface area contributed by atoms with Crippen molar-refractivity contribution in [2.45, 2.75) is 39.0 Å². The fourth-order valence-electron chi connectivity index (χ4n) is 2.84. The van der Waals surface area contributed by atoms with Gasteiger partial charge < -0.3 is 0 Å². The number of rotatable bonds is 4. The first-order valence-corrected chi connectivity index (χ1v) is 7.70. The summed E-state index contributed by atoms with van der Waals surface area (Å²) in [5.74, 6) is 1.66. The number of nitrogens with zero attached hydrogens (tertiary/aromatic N) is 1. The molecule has 2 aliphatic rings. The molecule has 1 aliphatic carbocycles. The Balaban J connectivity index is 1.98. The van der Waals surface area contributed by atoms with Crippen LogP contribution in [0.4, 0.5) is 0 Å². The molecule has 0 aromatic heterocycles. The minimum Gasteiger partial charge on any atom is -0.212 e. The molecule has 2 fully saturated rings. The van der Waals surface area contributed by atoms with E-state index in [4.69, 9.17) is 0 Å². The van der Waals surface area contributed by atoms with Crippen LogP contribution in [0.3, 0.4) is 0 Å². The van der Waals surface area contributed by atoms with Crippen molar-refractivity contribution in [1.29, 1.82) is 0 Å². The third-order valence-electron chi connectivity index (χ3n) is 3.72. The summed E-state index contributed by atoms with van der Waals surface area (Å²) in [5, 5.41) is 0. The summed E-state index contributed by atoms with van der Waals surface area (Å²) in [4.78, 5) is 0. The monoisotopic (exact) mass is 231 g/mol. The van der Waals surface area contributed by atoms with Gasteiger partial charge in [-0.3, -0.25) is 0 Å². The molecule has 15 heavy (non-hydrogen) atoms. The molecule has 3 nitrogen and oxygen atoms in total. The highest BCUT2D eigenvalue weighted by molar-refractivity contribution is 7.89. The Labute approximate surface area is 92.9 Å². The normalized spacial score (nSPS) is 32.1. The molecule has 4 heteroatoms. The topological polar surface area (TPSA) is 37.4 Å². The zero-order valence-corrected chi connectivity index (χ0v) is 10.3. The van der Waals surface area contributed by atoms with E-state index < -0.39 is 10.0 Å². The third kappa shape index (κ3) is 2.53. The Bertz CT molecular complexity index is 301. The van der Waals surface area contributed by atoms with Crippen molar-refractivity contribution in [3.8, 4) is 0 Å². The molecule has 1 aliphatic heterocycles. The van der Waals surface area contributed by atoms with E-state index >= 15 is 0 Å². The van der Waals surface area contributed by atoms with E-state index in [0.717, 1.165) is 25.9 Å². The molecule has 1 heterocycles. The van der Waals surface area contributed by atoms with Crippen molar-refractivity contribution >= 4 is 10.0 Å². The number of fused-ring (bicyclic) bond motifs is 2. The molecule has 0 aromatic carbocycles. The van der Waals surface area contributed by atoms with E-state index in [1.807, 2.05) is 6.92 Å². The Morgan fingerprint density at radius 1 is 1.20 bits per heavy atom. The summed E-state index contributed by atoms with van der Waals surface area (Å²) < 4.78 is 25.7. The van der Waals surface area contributed by atoms with Crippen LogP contribution in [0.2, 0.25) is 0 Å². The van der Waals surface area contributed by atoms with E-state index in [1.165, 1.54) is 19.3 Å². The van der Waals surface area contributed by atoms with Crippen LogP contribution in [0.5, 0.6) is 0 Å². The highest BCUT2D eigenvalue weighted by Gasteiger charge is 2.37. The minimum absolute atomic E-state index is 0.350. The van der Waals surface area contributed by atoms with Gasteiger partial charge in [0.05, 0.1) is 5.75 Å². The molecule has 88 valence electrons. The van der Waals surface area contributed by atoms with Crippen molar-refractivity contribution in [3.63, 3.8) is 0 Å². The third-order valence-corrected chi connectivity index (χ3v) is 5.61. The van der Waals surface area contributed by atoms with Gasteiger partial charge in [-0.1, -0.05) is 13.3 Å². The van der Waals surface area contributed by atoms with E-state index in [1.54, 1.807) is 4.31 Å². The Kier molecular flexibility index (Phi) is 3.36. The van der Waals surface area contributed by atoms with Crippen LogP contribution in [-0.4, -0.2) is 31.6 Å². The largest absolute Gasteiger partial charge is 0.214 e. The number of hydrogen-bond donors (Lipinski definition) is 0. The van der Waals surface area contributed by atoms with Crippen molar-refractivity contribution in [1.82, 2.24) is 4.31 Å². The number of unbranched alkanes of at least 4 members (excludes halogenated alkanes) is 1. The number of hydrogen-bond acceptors (Lipinski definition) is 2. The zero-order valence-electron chi connectivity index (χ0n) is 9.48. The van der Waals surface area contributed by atoms with Gasteiger partial charge in [0.25, 0.3) is 0 Å². The maximum absolute atomic E-state index is 12.0. The van der Waals surface area contributed by atoms with E-state index in [0.29, 0.717) is 17.6 Å². The Morgan fingerprint density at radius 2 is 1.80 bits per heavy atom. The van der Waals surface area contributed by atoms with Crippen LogP contribution in [0.1, 0.15) is 39.0 Å².